The number of ether oxygens (including phenoxy) is 1. The van der Waals surface area contributed by atoms with E-state index in [4.69, 9.17) is 11.6 Å². The summed E-state index contributed by atoms with van der Waals surface area (Å²) in [5.74, 6) is -1.43. The largest absolute Gasteiger partial charge is 0.508 e. The van der Waals surface area contributed by atoms with E-state index in [1.807, 2.05) is 0 Å². The van der Waals surface area contributed by atoms with Gasteiger partial charge >= 0.3 is 5.97 Å². The van der Waals surface area contributed by atoms with Crippen molar-refractivity contribution in [1.29, 1.82) is 0 Å². The number of halogens is 2. The predicted molar refractivity (Wildman–Crippen MR) is 71.0 cm³/mol. The van der Waals surface area contributed by atoms with E-state index in [-0.39, 0.29) is 17.3 Å². The van der Waals surface area contributed by atoms with Crippen LogP contribution in [-0.4, -0.2) is 24.1 Å². The number of hydrogen-bond donors (Lipinski definition) is 1. The molecule has 0 unspecified atom stereocenters. The van der Waals surface area contributed by atoms with Crippen molar-refractivity contribution in [2.75, 3.05) is 13.0 Å². The van der Waals surface area contributed by atoms with Crippen LogP contribution in [0.3, 0.4) is 0 Å². The van der Waals surface area contributed by atoms with Crippen molar-refractivity contribution < 1.29 is 14.6 Å². The van der Waals surface area contributed by atoms with Crippen LogP contribution in [0.25, 0.3) is 0 Å². The molecule has 0 heterocycles. The van der Waals surface area contributed by atoms with Crippen LogP contribution in [0.1, 0.15) is 0 Å². The molecule has 0 bridgehead atoms. The molecule has 0 aliphatic carbocycles. The molecule has 0 radical (unpaired) electrons. The van der Waals surface area contributed by atoms with Crippen molar-refractivity contribution in [3.05, 3.63) is 40.2 Å². The first-order valence-electron chi connectivity index (χ1n) is 4.82. The van der Waals surface area contributed by atoms with Gasteiger partial charge in [-0.2, -0.15) is 5.11 Å². The molecule has 1 aromatic carbocycles. The summed E-state index contributed by atoms with van der Waals surface area (Å²) in [6.45, 7) is 0. The van der Waals surface area contributed by atoms with Crippen LogP contribution >= 0.6 is 27.5 Å². The average Bonchev–Trinajstić information content (AvgIpc) is 2.40. The monoisotopic (exact) mass is 332 g/mol. The van der Waals surface area contributed by atoms with Gasteiger partial charge in [-0.1, -0.05) is 15.9 Å². The Morgan fingerprint density at radius 1 is 1.44 bits per heavy atom. The minimum absolute atomic E-state index is 0.246. The molecule has 7 heteroatoms. The van der Waals surface area contributed by atoms with Crippen LogP contribution in [0.2, 0.25) is 0 Å². The number of allylic oxidation sites excluding steroid dienone is 1. The van der Waals surface area contributed by atoms with E-state index in [1.165, 1.54) is 7.11 Å². The molecule has 96 valence electrons. The fourth-order valence-electron chi connectivity index (χ4n) is 0.992. The van der Waals surface area contributed by atoms with Gasteiger partial charge in [0.25, 0.3) is 0 Å². The van der Waals surface area contributed by atoms with E-state index in [0.29, 0.717) is 5.69 Å². The van der Waals surface area contributed by atoms with Gasteiger partial charge in [0.1, 0.15) is 5.76 Å². The number of alkyl halides is 1. The van der Waals surface area contributed by atoms with E-state index in [2.05, 4.69) is 30.9 Å². The SMILES string of the molecule is COC(=O)/C(N=Nc1ccc(Br)cc1)=C(\O)CCl. The van der Waals surface area contributed by atoms with Gasteiger partial charge in [0, 0.05) is 4.47 Å². The number of hydrogen-bond acceptors (Lipinski definition) is 5. The highest BCUT2D eigenvalue weighted by Crippen LogP contribution is 2.19. The third kappa shape index (κ3) is 4.12. The second kappa shape index (κ2) is 7.13. The summed E-state index contributed by atoms with van der Waals surface area (Å²) < 4.78 is 5.36. The fraction of sp³-hybridized carbons (Fsp3) is 0.182. The van der Waals surface area contributed by atoms with Crippen LogP contribution in [0.15, 0.2) is 50.4 Å². The Balaban J connectivity index is 2.97. The normalized spacial score (nSPS) is 12.4. The lowest BCUT2D eigenvalue weighted by atomic mass is 10.3. The van der Waals surface area contributed by atoms with Crippen LogP contribution in [0, 0.1) is 0 Å². The Bertz CT molecular complexity index is 486. The molecule has 0 fully saturated rings. The van der Waals surface area contributed by atoms with E-state index in [1.54, 1.807) is 24.3 Å². The number of carbonyl (C=O) groups is 1. The topological polar surface area (TPSA) is 71.2 Å². The summed E-state index contributed by atoms with van der Waals surface area (Å²) in [5, 5.41) is 16.9. The zero-order valence-electron chi connectivity index (χ0n) is 9.43. The van der Waals surface area contributed by atoms with Crippen molar-refractivity contribution in [3.63, 3.8) is 0 Å². The molecule has 0 saturated carbocycles. The Hall–Kier alpha value is -1.40. The molecular formula is C11H10BrClN2O3. The highest BCUT2D eigenvalue weighted by Gasteiger charge is 2.15. The number of azo groups is 1. The molecule has 1 N–H and O–H groups in total. The lowest BCUT2D eigenvalue weighted by molar-refractivity contribution is -0.136. The van der Waals surface area contributed by atoms with Crippen molar-refractivity contribution in [2.24, 2.45) is 10.2 Å². The molecule has 0 aliphatic heterocycles. The lowest BCUT2D eigenvalue weighted by Gasteiger charge is -2.01. The number of rotatable bonds is 4. The number of methoxy groups -OCH3 is 1. The van der Waals surface area contributed by atoms with Crippen LogP contribution < -0.4 is 0 Å². The van der Waals surface area contributed by atoms with Gasteiger partial charge in [0.05, 0.1) is 18.7 Å². The number of carbonyl (C=O) groups excluding carboxylic acids is 1. The van der Waals surface area contributed by atoms with Crippen molar-refractivity contribution in [1.82, 2.24) is 0 Å². The smallest absolute Gasteiger partial charge is 0.362 e. The first kappa shape index (κ1) is 14.7. The highest BCUT2D eigenvalue weighted by molar-refractivity contribution is 9.10. The van der Waals surface area contributed by atoms with E-state index >= 15 is 0 Å². The molecule has 18 heavy (non-hydrogen) atoms. The maximum atomic E-state index is 11.3. The molecule has 0 aromatic heterocycles. The van der Waals surface area contributed by atoms with Crippen LogP contribution in [0.4, 0.5) is 5.69 Å². The Labute approximate surface area is 117 Å². The standard InChI is InChI=1S/C11H10BrClN2O3/c1-18-11(17)10(9(16)6-13)15-14-8-4-2-7(12)3-5-8/h2-5,16H,6H2,1H3/b10-9+,15-14?. The Morgan fingerprint density at radius 2 is 2.06 bits per heavy atom. The summed E-state index contributed by atoms with van der Waals surface area (Å²) in [6.07, 6.45) is 0. The molecule has 1 aromatic rings. The molecule has 0 amide bonds. The second-order valence-corrected chi connectivity index (χ2v) is 4.28. The Kier molecular flexibility index (Phi) is 5.80. The number of esters is 1. The molecular weight excluding hydrogens is 323 g/mol. The number of aliphatic hydroxyl groups excluding tert-OH is 1. The molecule has 1 rings (SSSR count). The number of nitrogens with zero attached hydrogens (tertiary/aromatic N) is 2. The molecule has 5 nitrogen and oxygen atoms in total. The van der Waals surface area contributed by atoms with Crippen LogP contribution in [0.5, 0.6) is 0 Å². The minimum atomic E-state index is -0.797. The minimum Gasteiger partial charge on any atom is -0.508 e. The van der Waals surface area contributed by atoms with E-state index < -0.39 is 5.97 Å². The van der Waals surface area contributed by atoms with Crippen molar-refractivity contribution in [2.45, 2.75) is 0 Å². The zero-order chi connectivity index (χ0) is 13.5. The summed E-state index contributed by atoms with van der Waals surface area (Å²) >= 11 is 8.71. The third-order valence-corrected chi connectivity index (χ3v) is 2.65. The first-order valence-corrected chi connectivity index (χ1v) is 6.15. The van der Waals surface area contributed by atoms with Gasteiger partial charge in [0.2, 0.25) is 5.70 Å². The van der Waals surface area contributed by atoms with Gasteiger partial charge in [0.15, 0.2) is 0 Å². The van der Waals surface area contributed by atoms with Crippen molar-refractivity contribution >= 4 is 39.2 Å². The predicted octanol–water partition coefficient (Wildman–Crippen LogP) is 3.71. The highest BCUT2D eigenvalue weighted by atomic mass is 79.9. The maximum absolute atomic E-state index is 11.3. The van der Waals surface area contributed by atoms with Gasteiger partial charge in [-0.3, -0.25) is 0 Å². The molecule has 0 saturated heterocycles. The average molecular weight is 334 g/mol. The maximum Gasteiger partial charge on any atom is 0.362 e. The van der Waals surface area contributed by atoms with Gasteiger partial charge < -0.3 is 9.84 Å². The van der Waals surface area contributed by atoms with Gasteiger partial charge in [-0.25, -0.2) is 4.79 Å². The zero-order valence-corrected chi connectivity index (χ0v) is 11.8. The number of aliphatic hydroxyl groups is 1. The molecule has 0 atom stereocenters. The van der Waals surface area contributed by atoms with Crippen LogP contribution in [-0.2, 0) is 9.53 Å². The van der Waals surface area contributed by atoms with Gasteiger partial charge in [-0.05, 0) is 24.3 Å². The first-order chi connectivity index (χ1) is 8.58. The van der Waals surface area contributed by atoms with Gasteiger partial charge in [-0.15, -0.1) is 16.7 Å². The fourth-order valence-corrected chi connectivity index (χ4v) is 1.38. The quantitative estimate of drug-likeness (QED) is 0.300. The number of benzene rings is 1. The van der Waals surface area contributed by atoms with E-state index in [0.717, 1.165) is 4.47 Å². The van der Waals surface area contributed by atoms with E-state index in [9.17, 15) is 9.90 Å². The summed E-state index contributed by atoms with van der Waals surface area (Å²) in [4.78, 5) is 11.3. The summed E-state index contributed by atoms with van der Waals surface area (Å²) in [7, 11) is 1.18. The third-order valence-electron chi connectivity index (χ3n) is 1.87. The molecule has 0 spiro atoms. The summed E-state index contributed by atoms with van der Waals surface area (Å²) in [6, 6.07) is 6.94. The molecule has 0 aliphatic rings. The Morgan fingerprint density at radius 3 is 2.56 bits per heavy atom. The van der Waals surface area contributed by atoms with Crippen molar-refractivity contribution in [3.8, 4) is 0 Å². The second-order valence-electron chi connectivity index (χ2n) is 3.10. The summed E-state index contributed by atoms with van der Waals surface area (Å²) in [5.41, 5.74) is 0.220. The lowest BCUT2D eigenvalue weighted by Crippen LogP contribution is -2.06.